The first kappa shape index (κ1) is 13.0. The van der Waals surface area contributed by atoms with Gasteiger partial charge in [-0.05, 0) is 14.1 Å². The van der Waals surface area contributed by atoms with Crippen LogP contribution in [0.25, 0.3) is 0 Å². The number of nitrogens with zero attached hydrogens (tertiary/aromatic N) is 2. The van der Waals surface area contributed by atoms with Crippen LogP contribution >= 0.6 is 0 Å². The molecule has 0 fully saturated rings. The molecule has 1 aromatic rings. The molecule has 0 saturated heterocycles. The zero-order chi connectivity index (χ0) is 13.2. The minimum absolute atomic E-state index is 0.0124. The molecule has 0 unspecified atom stereocenters. The number of non-ortho nitro benzene ring substituents is 1. The lowest BCUT2D eigenvalue weighted by Crippen LogP contribution is -2.14. The van der Waals surface area contributed by atoms with E-state index in [1.165, 1.54) is 0 Å². The van der Waals surface area contributed by atoms with Gasteiger partial charge >= 0.3 is 5.97 Å². The highest BCUT2D eigenvalue weighted by Crippen LogP contribution is 2.22. The Labute approximate surface area is 96.4 Å². The Morgan fingerprint density at radius 1 is 1.53 bits per heavy atom. The highest BCUT2D eigenvalue weighted by molar-refractivity contribution is 5.89. The van der Waals surface area contributed by atoms with Gasteiger partial charge in [0, 0.05) is 24.2 Å². The van der Waals surface area contributed by atoms with Gasteiger partial charge in [-0.15, -0.1) is 0 Å². The Morgan fingerprint density at radius 2 is 2.12 bits per heavy atom. The average molecular weight is 242 g/mol. The van der Waals surface area contributed by atoms with Gasteiger partial charge in [-0.1, -0.05) is 0 Å². The molecule has 0 aliphatic carbocycles. The Balaban J connectivity index is 3.37. The number of carbonyl (C=O) groups is 1. The zero-order valence-corrected chi connectivity index (χ0v) is 9.31. The van der Waals surface area contributed by atoms with Crippen LogP contribution in [0.1, 0.15) is 15.9 Å². The summed E-state index contributed by atoms with van der Waals surface area (Å²) in [5.74, 6) is -2.46. The fourth-order valence-electron chi connectivity index (χ4n) is 1.38. The van der Waals surface area contributed by atoms with Gasteiger partial charge in [-0.2, -0.15) is 0 Å². The molecule has 0 aliphatic heterocycles. The summed E-state index contributed by atoms with van der Waals surface area (Å²) >= 11 is 0. The van der Waals surface area contributed by atoms with Gasteiger partial charge in [0.2, 0.25) is 0 Å². The third kappa shape index (κ3) is 2.97. The van der Waals surface area contributed by atoms with E-state index in [1.54, 1.807) is 19.0 Å². The smallest absolute Gasteiger partial charge is 0.338 e. The summed E-state index contributed by atoms with van der Waals surface area (Å²) in [6.45, 7) is 0.0911. The predicted octanol–water partition coefficient (Wildman–Crippen LogP) is 1.49. The van der Waals surface area contributed by atoms with E-state index in [2.05, 4.69) is 0 Å². The first-order chi connectivity index (χ1) is 7.82. The van der Waals surface area contributed by atoms with Crippen molar-refractivity contribution in [3.8, 4) is 0 Å². The first-order valence-electron chi connectivity index (χ1n) is 4.67. The number of nitro groups is 1. The molecule has 0 atom stereocenters. The van der Waals surface area contributed by atoms with Crippen LogP contribution in [0.3, 0.4) is 0 Å². The van der Waals surface area contributed by atoms with Crippen molar-refractivity contribution >= 4 is 11.7 Å². The maximum atomic E-state index is 13.7. The van der Waals surface area contributed by atoms with Crippen LogP contribution in [0.15, 0.2) is 12.1 Å². The second-order valence-corrected chi connectivity index (χ2v) is 3.77. The van der Waals surface area contributed by atoms with Crippen molar-refractivity contribution in [1.29, 1.82) is 0 Å². The van der Waals surface area contributed by atoms with Crippen molar-refractivity contribution in [2.24, 2.45) is 0 Å². The van der Waals surface area contributed by atoms with Gasteiger partial charge in [-0.25, -0.2) is 9.18 Å². The minimum atomic E-state index is -1.52. The van der Waals surface area contributed by atoms with Crippen LogP contribution in [0, 0.1) is 15.9 Å². The molecule has 0 bridgehead atoms. The van der Waals surface area contributed by atoms with E-state index in [1.807, 2.05) is 0 Å². The van der Waals surface area contributed by atoms with Crippen LogP contribution in [-0.4, -0.2) is 35.0 Å². The highest BCUT2D eigenvalue weighted by Gasteiger charge is 2.21. The van der Waals surface area contributed by atoms with Gasteiger partial charge in [0.1, 0.15) is 11.4 Å². The van der Waals surface area contributed by atoms with Crippen LogP contribution < -0.4 is 0 Å². The molecule has 17 heavy (non-hydrogen) atoms. The largest absolute Gasteiger partial charge is 0.478 e. The van der Waals surface area contributed by atoms with Gasteiger partial charge in [0.15, 0.2) is 0 Å². The van der Waals surface area contributed by atoms with E-state index < -0.39 is 28.0 Å². The summed E-state index contributed by atoms with van der Waals surface area (Å²) in [6.07, 6.45) is 0. The number of hydrogen-bond acceptors (Lipinski definition) is 4. The summed E-state index contributed by atoms with van der Waals surface area (Å²) in [4.78, 5) is 22.2. The topological polar surface area (TPSA) is 83.7 Å². The molecule has 0 heterocycles. The quantitative estimate of drug-likeness (QED) is 0.638. The van der Waals surface area contributed by atoms with Crippen molar-refractivity contribution in [3.05, 3.63) is 39.2 Å². The normalized spacial score (nSPS) is 10.6. The predicted molar refractivity (Wildman–Crippen MR) is 57.4 cm³/mol. The molecule has 0 saturated carbocycles. The molecule has 0 aliphatic rings. The summed E-state index contributed by atoms with van der Waals surface area (Å²) in [5.41, 5.74) is -1.13. The number of halogens is 1. The number of aromatic carboxylic acids is 1. The number of hydrogen-bond donors (Lipinski definition) is 1. The van der Waals surface area contributed by atoms with Crippen LogP contribution in [0.2, 0.25) is 0 Å². The molecule has 1 N–H and O–H groups in total. The van der Waals surface area contributed by atoms with Crippen molar-refractivity contribution in [1.82, 2.24) is 4.90 Å². The number of benzene rings is 1. The van der Waals surface area contributed by atoms with E-state index in [4.69, 9.17) is 5.11 Å². The second-order valence-electron chi connectivity index (χ2n) is 3.77. The lowest BCUT2D eigenvalue weighted by molar-refractivity contribution is -0.385. The molecular weight excluding hydrogens is 231 g/mol. The lowest BCUT2D eigenvalue weighted by atomic mass is 10.1. The summed E-state index contributed by atoms with van der Waals surface area (Å²) in [5, 5.41) is 19.4. The van der Waals surface area contributed by atoms with Gasteiger partial charge in [0.25, 0.3) is 5.69 Å². The fourth-order valence-corrected chi connectivity index (χ4v) is 1.38. The maximum Gasteiger partial charge on any atom is 0.338 e. The van der Waals surface area contributed by atoms with E-state index >= 15 is 0 Å². The second kappa shape index (κ2) is 4.88. The molecule has 1 aromatic carbocycles. The minimum Gasteiger partial charge on any atom is -0.478 e. The van der Waals surface area contributed by atoms with Crippen molar-refractivity contribution in [2.75, 3.05) is 14.1 Å². The zero-order valence-electron chi connectivity index (χ0n) is 9.31. The van der Waals surface area contributed by atoms with Crippen LogP contribution in [0.4, 0.5) is 10.1 Å². The monoisotopic (exact) mass is 242 g/mol. The number of nitro benzene ring substituents is 1. The van der Waals surface area contributed by atoms with E-state index in [0.29, 0.717) is 0 Å². The number of carboxylic acids is 1. The summed E-state index contributed by atoms with van der Waals surface area (Å²) in [7, 11) is 3.30. The molecule has 6 nitrogen and oxygen atoms in total. The van der Waals surface area contributed by atoms with Gasteiger partial charge in [-0.3, -0.25) is 10.1 Å². The number of carboxylic acid groups (broad SMARTS) is 1. The van der Waals surface area contributed by atoms with E-state index in [9.17, 15) is 19.3 Å². The third-order valence-electron chi connectivity index (χ3n) is 2.06. The van der Waals surface area contributed by atoms with E-state index in [-0.39, 0.29) is 12.1 Å². The summed E-state index contributed by atoms with van der Waals surface area (Å²) < 4.78 is 13.7. The first-order valence-corrected chi connectivity index (χ1v) is 4.67. The van der Waals surface area contributed by atoms with Crippen molar-refractivity contribution < 1.29 is 19.2 Å². The average Bonchev–Trinajstić information content (AvgIpc) is 2.19. The molecular formula is C10H11FN2O4. The van der Waals surface area contributed by atoms with E-state index in [0.717, 1.165) is 12.1 Å². The van der Waals surface area contributed by atoms with Crippen molar-refractivity contribution in [2.45, 2.75) is 6.54 Å². The van der Waals surface area contributed by atoms with Gasteiger partial charge < -0.3 is 10.0 Å². The molecule has 0 spiro atoms. The Morgan fingerprint density at radius 3 is 2.53 bits per heavy atom. The molecule has 1 rings (SSSR count). The fraction of sp³-hybridized carbons (Fsp3) is 0.300. The number of rotatable bonds is 4. The molecule has 0 radical (unpaired) electrons. The SMILES string of the molecule is CN(C)Cc1cc([N+](=O)[O-])cc(C(=O)O)c1F. The lowest BCUT2D eigenvalue weighted by Gasteiger charge is -2.11. The third-order valence-corrected chi connectivity index (χ3v) is 2.06. The Bertz CT molecular complexity index is 474. The molecule has 92 valence electrons. The standard InChI is InChI=1S/C10H11FN2O4/c1-12(2)5-6-3-7(13(16)17)4-8(9(6)11)10(14)15/h3-4H,5H2,1-2H3,(H,14,15). The Kier molecular flexibility index (Phi) is 3.74. The van der Waals surface area contributed by atoms with Gasteiger partial charge in [0.05, 0.1) is 4.92 Å². The molecule has 0 aromatic heterocycles. The van der Waals surface area contributed by atoms with Crippen LogP contribution in [-0.2, 0) is 6.54 Å². The highest BCUT2D eigenvalue weighted by atomic mass is 19.1. The maximum absolute atomic E-state index is 13.7. The summed E-state index contributed by atoms with van der Waals surface area (Å²) in [6, 6.07) is 1.76. The van der Waals surface area contributed by atoms with Crippen LogP contribution in [0.5, 0.6) is 0 Å². The van der Waals surface area contributed by atoms with Crippen molar-refractivity contribution in [3.63, 3.8) is 0 Å². The molecule has 0 amide bonds. The Hall–Kier alpha value is -2.02. The molecule has 7 heteroatoms.